The Balaban J connectivity index is 2.07. The van der Waals surface area contributed by atoms with Crippen molar-refractivity contribution in [1.82, 2.24) is 10.3 Å². The van der Waals surface area contributed by atoms with Crippen LogP contribution in [0.3, 0.4) is 0 Å². The van der Waals surface area contributed by atoms with Crippen molar-refractivity contribution in [1.29, 1.82) is 0 Å². The molecule has 2 aromatic carbocycles. The third-order valence-electron chi connectivity index (χ3n) is 3.93. The molecule has 0 bridgehead atoms. The highest BCUT2D eigenvalue weighted by Gasteiger charge is 2.18. The van der Waals surface area contributed by atoms with Gasteiger partial charge in [-0.25, -0.2) is 4.39 Å². The summed E-state index contributed by atoms with van der Waals surface area (Å²) in [7, 11) is 3.09. The van der Waals surface area contributed by atoms with Gasteiger partial charge < -0.3 is 10.1 Å². The number of rotatable bonds is 4. The van der Waals surface area contributed by atoms with Crippen LogP contribution in [0.1, 0.15) is 21.5 Å². The molecule has 3 rings (SSSR count). The van der Waals surface area contributed by atoms with Crippen LogP contribution in [-0.4, -0.2) is 25.0 Å². The van der Waals surface area contributed by atoms with Gasteiger partial charge in [0.1, 0.15) is 11.3 Å². The van der Waals surface area contributed by atoms with Gasteiger partial charge >= 0.3 is 0 Å². The van der Waals surface area contributed by atoms with Gasteiger partial charge in [-0.1, -0.05) is 28.1 Å². The summed E-state index contributed by atoms with van der Waals surface area (Å²) in [6, 6.07) is 10.1. The second kappa shape index (κ2) is 7.19. The standard InChI is InChI=1S/C19H16BrFN2O2/c1-22-19(24)15-9-16(20)14-8-12(10-23-17(14)18(15)25-2)7-11-3-5-13(21)6-4-11/h3-6,8-10H,7H2,1-2H3,(H,22,24). The van der Waals surface area contributed by atoms with E-state index in [4.69, 9.17) is 4.74 Å². The lowest BCUT2D eigenvalue weighted by Gasteiger charge is -2.13. The summed E-state index contributed by atoms with van der Waals surface area (Å²) in [5.74, 6) is -0.0582. The Morgan fingerprint density at radius 3 is 2.60 bits per heavy atom. The molecule has 0 aliphatic carbocycles. The van der Waals surface area contributed by atoms with Crippen molar-refractivity contribution in [2.75, 3.05) is 14.2 Å². The Hall–Kier alpha value is -2.47. The van der Waals surface area contributed by atoms with Gasteiger partial charge in [-0.2, -0.15) is 0 Å². The second-order valence-corrected chi connectivity index (χ2v) is 6.42. The predicted octanol–water partition coefficient (Wildman–Crippen LogP) is 4.10. The molecule has 128 valence electrons. The van der Waals surface area contributed by atoms with E-state index in [1.807, 2.05) is 6.07 Å². The van der Waals surface area contributed by atoms with E-state index in [-0.39, 0.29) is 11.7 Å². The number of fused-ring (bicyclic) bond motifs is 1. The number of aromatic nitrogens is 1. The fourth-order valence-electron chi connectivity index (χ4n) is 2.71. The molecular weight excluding hydrogens is 387 g/mol. The Labute approximate surface area is 153 Å². The van der Waals surface area contributed by atoms with Gasteiger partial charge in [-0.05, 0) is 41.8 Å². The van der Waals surface area contributed by atoms with Crippen molar-refractivity contribution in [3.8, 4) is 5.75 Å². The fraction of sp³-hybridized carbons (Fsp3) is 0.158. The smallest absolute Gasteiger partial charge is 0.254 e. The number of hydrogen-bond acceptors (Lipinski definition) is 3. The molecule has 0 aliphatic rings. The van der Waals surface area contributed by atoms with Gasteiger partial charge in [0, 0.05) is 23.1 Å². The zero-order chi connectivity index (χ0) is 18.0. The molecule has 0 saturated carbocycles. The first-order valence-corrected chi connectivity index (χ1v) is 8.44. The number of nitrogens with zero attached hydrogens (tertiary/aromatic N) is 1. The van der Waals surface area contributed by atoms with Gasteiger partial charge in [0.2, 0.25) is 0 Å². The van der Waals surface area contributed by atoms with E-state index in [0.717, 1.165) is 21.0 Å². The maximum Gasteiger partial charge on any atom is 0.254 e. The maximum atomic E-state index is 13.0. The number of ether oxygens (including phenoxy) is 1. The molecule has 4 nitrogen and oxygen atoms in total. The minimum Gasteiger partial charge on any atom is -0.494 e. The van der Waals surface area contributed by atoms with Gasteiger partial charge in [0.05, 0.1) is 12.7 Å². The van der Waals surface area contributed by atoms with Crippen molar-refractivity contribution >= 4 is 32.7 Å². The molecule has 0 saturated heterocycles. The Bertz CT molecular complexity index is 942. The summed E-state index contributed by atoms with van der Waals surface area (Å²) in [6.07, 6.45) is 2.38. The first-order chi connectivity index (χ1) is 12.0. The lowest BCUT2D eigenvalue weighted by molar-refractivity contribution is 0.0960. The minimum absolute atomic E-state index is 0.239. The number of halogens is 2. The topological polar surface area (TPSA) is 51.2 Å². The molecule has 1 aromatic heterocycles. The van der Waals surface area contributed by atoms with Crippen LogP contribution in [0.15, 0.2) is 47.1 Å². The van der Waals surface area contributed by atoms with Gasteiger partial charge in [-0.3, -0.25) is 9.78 Å². The Morgan fingerprint density at radius 1 is 1.24 bits per heavy atom. The SMILES string of the molecule is CNC(=O)c1cc(Br)c2cc(Cc3ccc(F)cc3)cnc2c1OC. The van der Waals surface area contributed by atoms with Crippen LogP contribution in [0.4, 0.5) is 4.39 Å². The van der Waals surface area contributed by atoms with Crippen LogP contribution >= 0.6 is 15.9 Å². The average molecular weight is 403 g/mol. The Kier molecular flexibility index (Phi) is 4.99. The number of hydrogen-bond donors (Lipinski definition) is 1. The number of carbonyl (C=O) groups is 1. The zero-order valence-corrected chi connectivity index (χ0v) is 15.4. The number of amides is 1. The van der Waals surface area contributed by atoms with Crippen molar-refractivity contribution in [2.24, 2.45) is 0 Å². The van der Waals surface area contributed by atoms with Crippen LogP contribution in [-0.2, 0) is 6.42 Å². The van der Waals surface area contributed by atoms with Crippen LogP contribution in [0.25, 0.3) is 10.9 Å². The average Bonchev–Trinajstić information content (AvgIpc) is 2.63. The third-order valence-corrected chi connectivity index (χ3v) is 4.59. The molecule has 0 spiro atoms. The van der Waals surface area contributed by atoms with Crippen LogP contribution < -0.4 is 10.1 Å². The van der Waals surface area contributed by atoms with E-state index >= 15 is 0 Å². The lowest BCUT2D eigenvalue weighted by Crippen LogP contribution is -2.19. The molecule has 1 N–H and O–H groups in total. The van der Waals surface area contributed by atoms with Crippen LogP contribution in [0, 0.1) is 5.82 Å². The first-order valence-electron chi connectivity index (χ1n) is 7.65. The van der Waals surface area contributed by atoms with Gasteiger partial charge in [0.25, 0.3) is 5.91 Å². The molecule has 0 radical (unpaired) electrons. The molecule has 6 heteroatoms. The van der Waals surface area contributed by atoms with Gasteiger partial charge in [0.15, 0.2) is 5.75 Å². The second-order valence-electron chi connectivity index (χ2n) is 5.56. The molecule has 0 unspecified atom stereocenters. The fourth-order valence-corrected chi connectivity index (χ4v) is 3.24. The van der Waals surface area contributed by atoms with E-state index in [1.54, 1.807) is 31.4 Å². The highest BCUT2D eigenvalue weighted by Crippen LogP contribution is 2.34. The van der Waals surface area contributed by atoms with Crippen LogP contribution in [0.2, 0.25) is 0 Å². The number of carbonyl (C=O) groups excluding carboxylic acids is 1. The van der Waals surface area contributed by atoms with Crippen molar-refractivity contribution < 1.29 is 13.9 Å². The van der Waals surface area contributed by atoms with Crippen LogP contribution in [0.5, 0.6) is 5.75 Å². The molecule has 3 aromatic rings. The molecule has 1 heterocycles. The quantitative estimate of drug-likeness (QED) is 0.714. The summed E-state index contributed by atoms with van der Waals surface area (Å²) in [4.78, 5) is 16.5. The monoisotopic (exact) mass is 402 g/mol. The van der Waals surface area contributed by atoms with Crippen molar-refractivity contribution in [3.63, 3.8) is 0 Å². The molecule has 0 fully saturated rings. The van der Waals surface area contributed by atoms with E-state index in [0.29, 0.717) is 23.3 Å². The normalized spacial score (nSPS) is 10.7. The zero-order valence-electron chi connectivity index (χ0n) is 13.8. The summed E-state index contributed by atoms with van der Waals surface area (Å²) in [5.41, 5.74) is 3.00. The number of pyridine rings is 1. The lowest BCUT2D eigenvalue weighted by atomic mass is 10.0. The van der Waals surface area contributed by atoms with E-state index in [1.165, 1.54) is 19.2 Å². The predicted molar refractivity (Wildman–Crippen MR) is 98.6 cm³/mol. The summed E-state index contributed by atoms with van der Waals surface area (Å²) in [6.45, 7) is 0. The summed E-state index contributed by atoms with van der Waals surface area (Å²) >= 11 is 3.51. The Morgan fingerprint density at radius 2 is 1.96 bits per heavy atom. The summed E-state index contributed by atoms with van der Waals surface area (Å²) < 4.78 is 19.2. The first kappa shape index (κ1) is 17.4. The number of methoxy groups -OCH3 is 1. The minimum atomic E-state index is -0.255. The van der Waals surface area contributed by atoms with E-state index in [2.05, 4.69) is 26.2 Å². The maximum absolute atomic E-state index is 13.0. The highest BCUT2D eigenvalue weighted by atomic mass is 79.9. The molecule has 1 amide bonds. The number of nitrogens with one attached hydrogen (secondary N) is 1. The van der Waals surface area contributed by atoms with Gasteiger partial charge in [-0.15, -0.1) is 0 Å². The third kappa shape index (κ3) is 3.49. The molecule has 0 atom stereocenters. The van der Waals surface area contributed by atoms with Crippen molar-refractivity contribution in [2.45, 2.75) is 6.42 Å². The molecule has 0 aliphatic heterocycles. The van der Waals surface area contributed by atoms with E-state index in [9.17, 15) is 9.18 Å². The van der Waals surface area contributed by atoms with Crippen molar-refractivity contribution in [3.05, 3.63) is 69.6 Å². The molecular formula is C19H16BrFN2O2. The van der Waals surface area contributed by atoms with E-state index < -0.39 is 0 Å². The molecule has 25 heavy (non-hydrogen) atoms. The summed E-state index contributed by atoms with van der Waals surface area (Å²) in [5, 5.41) is 3.45. The largest absolute Gasteiger partial charge is 0.494 e. The highest BCUT2D eigenvalue weighted by molar-refractivity contribution is 9.10. The number of benzene rings is 2.